The molecule has 1 saturated heterocycles. The third kappa shape index (κ3) is 2.46. The zero-order chi connectivity index (χ0) is 14.1. The molecule has 1 heterocycles. The summed E-state index contributed by atoms with van der Waals surface area (Å²) in [5.41, 5.74) is 0. The van der Waals surface area contributed by atoms with Crippen LogP contribution >= 0.6 is 0 Å². The molecule has 5 nitrogen and oxygen atoms in total. The van der Waals surface area contributed by atoms with Crippen LogP contribution in [0.3, 0.4) is 0 Å². The first-order valence-corrected chi connectivity index (χ1v) is 7.47. The van der Waals surface area contributed by atoms with Gasteiger partial charge in [-0.25, -0.2) is 0 Å². The summed E-state index contributed by atoms with van der Waals surface area (Å²) in [6.07, 6.45) is 8.00. The average molecular weight is 279 g/mol. The van der Waals surface area contributed by atoms with Crippen molar-refractivity contribution in [2.45, 2.75) is 31.8 Å². The second-order valence-electron chi connectivity index (χ2n) is 6.05. The molecule has 2 bridgehead atoms. The molecule has 5 atom stereocenters. The van der Waals surface area contributed by atoms with Crippen molar-refractivity contribution in [1.29, 1.82) is 0 Å². The van der Waals surface area contributed by atoms with Gasteiger partial charge in [-0.3, -0.25) is 9.59 Å². The molecule has 5 heteroatoms. The quantitative estimate of drug-likeness (QED) is 0.741. The lowest BCUT2D eigenvalue weighted by Crippen LogP contribution is -2.41. The Kier molecular flexibility index (Phi) is 3.78. The number of amides is 1. The lowest BCUT2D eigenvalue weighted by atomic mass is 9.82. The number of carbonyl (C=O) groups is 2. The normalized spacial score (nSPS) is 38.3. The minimum atomic E-state index is -0.846. The Bertz CT molecular complexity index is 428. The largest absolute Gasteiger partial charge is 0.481 e. The summed E-state index contributed by atoms with van der Waals surface area (Å²) in [5.74, 6) is -1.76. The third-order valence-electron chi connectivity index (χ3n) is 4.84. The van der Waals surface area contributed by atoms with Crippen molar-refractivity contribution < 1.29 is 19.4 Å². The van der Waals surface area contributed by atoms with Crippen molar-refractivity contribution in [3.8, 4) is 0 Å². The molecule has 110 valence electrons. The number of ether oxygens (including phenoxy) is 1. The van der Waals surface area contributed by atoms with Crippen LogP contribution in [0.1, 0.15) is 25.7 Å². The van der Waals surface area contributed by atoms with E-state index in [4.69, 9.17) is 4.74 Å². The predicted molar refractivity (Wildman–Crippen MR) is 72.0 cm³/mol. The highest BCUT2D eigenvalue weighted by molar-refractivity contribution is 5.86. The second kappa shape index (κ2) is 5.56. The highest BCUT2D eigenvalue weighted by Gasteiger charge is 2.51. The molecule has 1 amide bonds. The summed E-state index contributed by atoms with van der Waals surface area (Å²) in [4.78, 5) is 23.6. The summed E-state index contributed by atoms with van der Waals surface area (Å²) in [6.45, 7) is 1.39. The van der Waals surface area contributed by atoms with Crippen molar-refractivity contribution in [2.24, 2.45) is 23.7 Å². The molecular formula is C15H21NO4. The Labute approximate surface area is 118 Å². The van der Waals surface area contributed by atoms with E-state index in [-0.39, 0.29) is 23.8 Å². The number of aliphatic carboxylic acids is 1. The summed E-state index contributed by atoms with van der Waals surface area (Å²) in [7, 11) is 0. The highest BCUT2D eigenvalue weighted by Crippen LogP contribution is 2.48. The fourth-order valence-corrected chi connectivity index (χ4v) is 3.86. The van der Waals surface area contributed by atoms with Crippen LogP contribution in [0.15, 0.2) is 12.2 Å². The molecule has 2 fully saturated rings. The van der Waals surface area contributed by atoms with E-state index in [1.165, 1.54) is 0 Å². The minimum absolute atomic E-state index is 0.0337. The maximum absolute atomic E-state index is 12.3. The molecule has 1 aliphatic heterocycles. The van der Waals surface area contributed by atoms with Gasteiger partial charge in [-0.2, -0.15) is 0 Å². The number of carboxylic acids is 1. The molecular weight excluding hydrogens is 258 g/mol. The van der Waals surface area contributed by atoms with Crippen LogP contribution in [0.5, 0.6) is 0 Å². The number of nitrogens with one attached hydrogen (secondary N) is 1. The Hall–Kier alpha value is -1.36. The number of allylic oxidation sites excluding steroid dienone is 2. The van der Waals surface area contributed by atoms with Gasteiger partial charge < -0.3 is 15.2 Å². The predicted octanol–water partition coefficient (Wildman–Crippen LogP) is 1.19. The zero-order valence-corrected chi connectivity index (χ0v) is 11.5. The van der Waals surface area contributed by atoms with E-state index in [0.717, 1.165) is 32.3 Å². The van der Waals surface area contributed by atoms with Gasteiger partial charge in [0.1, 0.15) is 0 Å². The Morgan fingerprint density at radius 2 is 2.00 bits per heavy atom. The standard InChI is InChI=1S/C15H21NO4/c17-14(16-6-5-11-2-1-7-20-11)12-9-3-4-10(8-9)13(12)15(18)19/h3-4,9-13H,1-2,5-8H2,(H,16,17)(H,18,19)/t9?,10?,11?,12-,13+/m0/s1. The van der Waals surface area contributed by atoms with Gasteiger partial charge in [0, 0.05) is 13.2 Å². The van der Waals surface area contributed by atoms with E-state index in [1.807, 2.05) is 12.2 Å². The Balaban J connectivity index is 1.53. The SMILES string of the molecule is O=C(O)[C@@H]1C2C=CC(C2)[C@@H]1C(=O)NCCC1CCCO1. The maximum Gasteiger partial charge on any atom is 0.307 e. The van der Waals surface area contributed by atoms with Crippen LogP contribution in [0.4, 0.5) is 0 Å². The molecule has 0 spiro atoms. The van der Waals surface area contributed by atoms with Crippen molar-refractivity contribution >= 4 is 11.9 Å². The lowest BCUT2D eigenvalue weighted by Gasteiger charge is -2.24. The minimum Gasteiger partial charge on any atom is -0.481 e. The van der Waals surface area contributed by atoms with E-state index in [0.29, 0.717) is 6.54 Å². The Morgan fingerprint density at radius 3 is 2.65 bits per heavy atom. The van der Waals surface area contributed by atoms with Crippen LogP contribution in [0, 0.1) is 23.7 Å². The first kappa shape index (κ1) is 13.6. The molecule has 3 unspecified atom stereocenters. The number of carboxylic acid groups (broad SMARTS) is 1. The van der Waals surface area contributed by atoms with Crippen LogP contribution < -0.4 is 5.32 Å². The van der Waals surface area contributed by atoms with Gasteiger partial charge in [0.05, 0.1) is 17.9 Å². The fraction of sp³-hybridized carbons (Fsp3) is 0.733. The second-order valence-corrected chi connectivity index (χ2v) is 6.05. The van der Waals surface area contributed by atoms with Crippen molar-refractivity contribution in [3.05, 3.63) is 12.2 Å². The average Bonchev–Trinajstić information content (AvgIpc) is 3.13. The molecule has 2 aliphatic carbocycles. The molecule has 1 saturated carbocycles. The Morgan fingerprint density at radius 1 is 1.25 bits per heavy atom. The number of hydrogen-bond donors (Lipinski definition) is 2. The van der Waals surface area contributed by atoms with E-state index < -0.39 is 17.8 Å². The van der Waals surface area contributed by atoms with Crippen LogP contribution in [0.25, 0.3) is 0 Å². The van der Waals surface area contributed by atoms with E-state index in [9.17, 15) is 14.7 Å². The maximum atomic E-state index is 12.3. The molecule has 0 aromatic carbocycles. The molecule has 0 aromatic rings. The van der Waals surface area contributed by atoms with Crippen LogP contribution in [-0.2, 0) is 14.3 Å². The monoisotopic (exact) mass is 279 g/mol. The van der Waals surface area contributed by atoms with Gasteiger partial charge in [-0.1, -0.05) is 12.2 Å². The van der Waals surface area contributed by atoms with Gasteiger partial charge >= 0.3 is 5.97 Å². The smallest absolute Gasteiger partial charge is 0.307 e. The summed E-state index contributed by atoms with van der Waals surface area (Å²) >= 11 is 0. The number of fused-ring (bicyclic) bond motifs is 2. The van der Waals surface area contributed by atoms with Gasteiger partial charge in [-0.15, -0.1) is 0 Å². The van der Waals surface area contributed by atoms with Gasteiger partial charge in [0.15, 0.2) is 0 Å². The van der Waals surface area contributed by atoms with Crippen molar-refractivity contribution in [1.82, 2.24) is 5.32 Å². The molecule has 2 N–H and O–H groups in total. The zero-order valence-electron chi connectivity index (χ0n) is 11.5. The highest BCUT2D eigenvalue weighted by atomic mass is 16.5. The molecule has 3 rings (SSSR count). The summed E-state index contributed by atoms with van der Waals surface area (Å²) in [5, 5.41) is 12.2. The number of rotatable bonds is 5. The first-order valence-electron chi connectivity index (χ1n) is 7.47. The first-order chi connectivity index (χ1) is 9.66. The third-order valence-corrected chi connectivity index (χ3v) is 4.84. The molecule has 0 radical (unpaired) electrons. The molecule has 3 aliphatic rings. The van der Waals surface area contributed by atoms with Crippen LogP contribution in [0.2, 0.25) is 0 Å². The van der Waals surface area contributed by atoms with Crippen molar-refractivity contribution in [2.75, 3.05) is 13.2 Å². The van der Waals surface area contributed by atoms with Crippen molar-refractivity contribution in [3.63, 3.8) is 0 Å². The fourth-order valence-electron chi connectivity index (χ4n) is 3.86. The van der Waals surface area contributed by atoms with Gasteiger partial charge in [-0.05, 0) is 37.5 Å². The van der Waals surface area contributed by atoms with E-state index in [1.54, 1.807) is 0 Å². The number of carbonyl (C=O) groups excluding carboxylic acids is 1. The molecule has 20 heavy (non-hydrogen) atoms. The number of hydrogen-bond acceptors (Lipinski definition) is 3. The van der Waals surface area contributed by atoms with Crippen LogP contribution in [-0.4, -0.2) is 36.2 Å². The van der Waals surface area contributed by atoms with E-state index >= 15 is 0 Å². The van der Waals surface area contributed by atoms with E-state index in [2.05, 4.69) is 5.32 Å². The topological polar surface area (TPSA) is 75.6 Å². The van der Waals surface area contributed by atoms with Gasteiger partial charge in [0.25, 0.3) is 0 Å². The molecule has 0 aromatic heterocycles. The lowest BCUT2D eigenvalue weighted by molar-refractivity contribution is -0.147. The summed E-state index contributed by atoms with van der Waals surface area (Å²) < 4.78 is 5.51. The van der Waals surface area contributed by atoms with Gasteiger partial charge in [0.2, 0.25) is 5.91 Å². The summed E-state index contributed by atoms with van der Waals surface area (Å²) in [6, 6.07) is 0.